The van der Waals surface area contributed by atoms with Crippen molar-refractivity contribution in [1.29, 1.82) is 0 Å². The molecule has 0 saturated carbocycles. The molecule has 108 valence electrons. The van der Waals surface area contributed by atoms with Crippen molar-refractivity contribution < 1.29 is 14.3 Å². The fourth-order valence-electron chi connectivity index (χ4n) is 3.73. The van der Waals surface area contributed by atoms with E-state index in [-0.39, 0.29) is 11.9 Å². The molecule has 1 aliphatic heterocycles. The predicted molar refractivity (Wildman–Crippen MR) is 74.0 cm³/mol. The van der Waals surface area contributed by atoms with Crippen LogP contribution in [0, 0.1) is 11.2 Å². The highest BCUT2D eigenvalue weighted by atomic mass is 19.1. The average Bonchev–Trinajstić information content (AvgIpc) is 3.01. The SMILES string of the molecule is CCC1(C(=O)O)CCN(C2CCc3cc(F)ccc32)C1. The number of hydrogen-bond acceptors (Lipinski definition) is 2. The number of rotatable bonds is 3. The van der Waals surface area contributed by atoms with Crippen LogP contribution in [0.1, 0.15) is 43.4 Å². The Morgan fingerprint density at radius 1 is 1.55 bits per heavy atom. The largest absolute Gasteiger partial charge is 0.481 e. The van der Waals surface area contributed by atoms with Gasteiger partial charge in [0.25, 0.3) is 0 Å². The van der Waals surface area contributed by atoms with E-state index in [2.05, 4.69) is 4.90 Å². The average molecular weight is 277 g/mol. The second-order valence-corrected chi connectivity index (χ2v) is 6.06. The molecule has 0 radical (unpaired) electrons. The van der Waals surface area contributed by atoms with Crippen LogP contribution in [0.25, 0.3) is 0 Å². The molecule has 2 aliphatic rings. The lowest BCUT2D eigenvalue weighted by molar-refractivity contribution is -0.148. The highest BCUT2D eigenvalue weighted by molar-refractivity contribution is 5.75. The minimum absolute atomic E-state index is 0.181. The van der Waals surface area contributed by atoms with E-state index in [1.54, 1.807) is 6.07 Å². The van der Waals surface area contributed by atoms with E-state index >= 15 is 0 Å². The van der Waals surface area contributed by atoms with Gasteiger partial charge in [0.15, 0.2) is 0 Å². The lowest BCUT2D eigenvalue weighted by Crippen LogP contribution is -2.35. The van der Waals surface area contributed by atoms with E-state index in [1.165, 1.54) is 11.6 Å². The number of aliphatic carboxylic acids is 1. The summed E-state index contributed by atoms with van der Waals surface area (Å²) in [5.41, 5.74) is 1.67. The molecule has 0 spiro atoms. The zero-order valence-corrected chi connectivity index (χ0v) is 11.7. The Morgan fingerprint density at radius 3 is 3.00 bits per heavy atom. The molecule has 1 saturated heterocycles. The molecule has 3 rings (SSSR count). The normalized spacial score (nSPS) is 29.6. The van der Waals surface area contributed by atoms with E-state index in [4.69, 9.17) is 0 Å². The number of hydrogen-bond donors (Lipinski definition) is 1. The van der Waals surface area contributed by atoms with Crippen molar-refractivity contribution in [3.05, 3.63) is 35.1 Å². The van der Waals surface area contributed by atoms with Gasteiger partial charge in [0.05, 0.1) is 5.41 Å². The fourth-order valence-corrected chi connectivity index (χ4v) is 3.73. The molecular formula is C16H20FNO2. The first kappa shape index (κ1) is 13.6. The number of aryl methyl sites for hydroxylation is 1. The van der Waals surface area contributed by atoms with Crippen molar-refractivity contribution in [2.24, 2.45) is 5.41 Å². The van der Waals surface area contributed by atoms with Crippen molar-refractivity contribution in [3.8, 4) is 0 Å². The van der Waals surface area contributed by atoms with Crippen LogP contribution < -0.4 is 0 Å². The number of nitrogens with zero attached hydrogens (tertiary/aromatic N) is 1. The maximum Gasteiger partial charge on any atom is 0.310 e. The molecule has 1 N–H and O–H groups in total. The van der Waals surface area contributed by atoms with Gasteiger partial charge in [-0.3, -0.25) is 9.69 Å². The summed E-state index contributed by atoms with van der Waals surface area (Å²) in [7, 11) is 0. The van der Waals surface area contributed by atoms with Gasteiger partial charge >= 0.3 is 5.97 Å². The third-order valence-corrected chi connectivity index (χ3v) is 5.11. The summed E-state index contributed by atoms with van der Waals surface area (Å²) in [6.07, 6.45) is 3.24. The van der Waals surface area contributed by atoms with Crippen molar-refractivity contribution in [2.45, 2.75) is 38.6 Å². The van der Waals surface area contributed by atoms with Gasteiger partial charge in [0, 0.05) is 12.6 Å². The van der Waals surface area contributed by atoms with Gasteiger partial charge in [-0.2, -0.15) is 0 Å². The third-order valence-electron chi connectivity index (χ3n) is 5.11. The van der Waals surface area contributed by atoms with Crippen LogP contribution in [-0.2, 0) is 11.2 Å². The van der Waals surface area contributed by atoms with Crippen molar-refractivity contribution in [3.63, 3.8) is 0 Å². The minimum atomic E-state index is -0.681. The van der Waals surface area contributed by atoms with E-state index in [0.29, 0.717) is 19.4 Å². The summed E-state index contributed by atoms with van der Waals surface area (Å²) in [5.74, 6) is -0.862. The Hall–Kier alpha value is -1.42. The third kappa shape index (κ3) is 2.03. The van der Waals surface area contributed by atoms with Gasteiger partial charge in [-0.05, 0) is 55.5 Å². The van der Waals surface area contributed by atoms with Gasteiger partial charge in [0.1, 0.15) is 5.82 Å². The summed E-state index contributed by atoms with van der Waals surface area (Å²) >= 11 is 0. The summed E-state index contributed by atoms with van der Waals surface area (Å²) < 4.78 is 13.3. The predicted octanol–water partition coefficient (Wildman–Crippen LogP) is 3.00. The number of fused-ring (bicyclic) bond motifs is 1. The molecule has 1 fully saturated rings. The highest BCUT2D eigenvalue weighted by Gasteiger charge is 2.46. The van der Waals surface area contributed by atoms with Crippen LogP contribution in [0.3, 0.4) is 0 Å². The smallest absolute Gasteiger partial charge is 0.310 e. The number of likely N-dealkylation sites (tertiary alicyclic amines) is 1. The van der Waals surface area contributed by atoms with Gasteiger partial charge in [-0.1, -0.05) is 13.0 Å². The number of carboxylic acid groups (broad SMARTS) is 1. The second kappa shape index (κ2) is 4.85. The summed E-state index contributed by atoms with van der Waals surface area (Å²) in [6, 6.07) is 5.26. The van der Waals surface area contributed by atoms with Crippen molar-refractivity contribution in [2.75, 3.05) is 13.1 Å². The molecular weight excluding hydrogens is 257 g/mol. The Bertz CT molecular complexity index is 545. The van der Waals surface area contributed by atoms with Crippen molar-refractivity contribution >= 4 is 5.97 Å². The lowest BCUT2D eigenvalue weighted by atomic mass is 9.84. The van der Waals surface area contributed by atoms with Gasteiger partial charge in [0.2, 0.25) is 0 Å². The fraction of sp³-hybridized carbons (Fsp3) is 0.562. The molecule has 2 atom stereocenters. The molecule has 20 heavy (non-hydrogen) atoms. The van der Waals surface area contributed by atoms with Crippen LogP contribution in [0.4, 0.5) is 4.39 Å². The molecule has 1 heterocycles. The molecule has 1 aromatic rings. The molecule has 3 nitrogen and oxygen atoms in total. The van der Waals surface area contributed by atoms with Crippen LogP contribution >= 0.6 is 0 Å². The number of halogens is 1. The number of carbonyl (C=O) groups is 1. The van der Waals surface area contributed by atoms with Crippen molar-refractivity contribution in [1.82, 2.24) is 4.90 Å². The topological polar surface area (TPSA) is 40.5 Å². The first-order valence-corrected chi connectivity index (χ1v) is 7.31. The Morgan fingerprint density at radius 2 is 2.35 bits per heavy atom. The first-order valence-electron chi connectivity index (χ1n) is 7.31. The Balaban J connectivity index is 1.82. The van der Waals surface area contributed by atoms with E-state index in [1.807, 2.05) is 13.0 Å². The first-order chi connectivity index (χ1) is 9.55. The van der Waals surface area contributed by atoms with E-state index < -0.39 is 11.4 Å². The quantitative estimate of drug-likeness (QED) is 0.923. The minimum Gasteiger partial charge on any atom is -0.481 e. The lowest BCUT2D eigenvalue weighted by Gasteiger charge is -2.27. The maximum atomic E-state index is 13.3. The molecule has 1 aromatic carbocycles. The maximum absolute atomic E-state index is 13.3. The second-order valence-electron chi connectivity index (χ2n) is 6.06. The Labute approximate surface area is 118 Å². The number of carboxylic acids is 1. The number of benzene rings is 1. The van der Waals surface area contributed by atoms with Gasteiger partial charge in [-0.15, -0.1) is 0 Å². The summed E-state index contributed by atoms with van der Waals surface area (Å²) in [4.78, 5) is 13.8. The van der Waals surface area contributed by atoms with Crippen LogP contribution in [0.5, 0.6) is 0 Å². The van der Waals surface area contributed by atoms with Crippen LogP contribution in [-0.4, -0.2) is 29.1 Å². The van der Waals surface area contributed by atoms with Crippen LogP contribution in [0.15, 0.2) is 18.2 Å². The van der Waals surface area contributed by atoms with E-state index in [0.717, 1.165) is 24.9 Å². The highest BCUT2D eigenvalue weighted by Crippen LogP contribution is 2.43. The molecule has 0 bridgehead atoms. The summed E-state index contributed by atoms with van der Waals surface area (Å²) in [6.45, 7) is 3.39. The van der Waals surface area contributed by atoms with Crippen LogP contribution in [0.2, 0.25) is 0 Å². The molecule has 0 aromatic heterocycles. The molecule has 0 amide bonds. The zero-order chi connectivity index (χ0) is 14.3. The summed E-state index contributed by atoms with van der Waals surface area (Å²) in [5, 5.41) is 9.48. The van der Waals surface area contributed by atoms with E-state index in [9.17, 15) is 14.3 Å². The van der Waals surface area contributed by atoms with Gasteiger partial charge in [-0.25, -0.2) is 4.39 Å². The molecule has 4 heteroatoms. The Kier molecular flexibility index (Phi) is 3.28. The van der Waals surface area contributed by atoms with Gasteiger partial charge < -0.3 is 5.11 Å². The molecule has 1 aliphatic carbocycles. The zero-order valence-electron chi connectivity index (χ0n) is 11.7. The molecule has 2 unspecified atom stereocenters. The standard InChI is InChI=1S/C16H20FNO2/c1-2-16(15(19)20)7-8-18(10-16)14-6-3-11-9-12(17)4-5-13(11)14/h4-5,9,14H,2-3,6-8,10H2,1H3,(H,19,20). The monoisotopic (exact) mass is 277 g/mol.